The number of likely N-dealkylation sites (N-methyl/N-ethyl adjacent to an activating group) is 1. The van der Waals surface area contributed by atoms with E-state index in [4.69, 9.17) is 4.98 Å². The fourth-order valence-electron chi connectivity index (χ4n) is 9.82. The Hall–Kier alpha value is -6.10. The van der Waals surface area contributed by atoms with Gasteiger partial charge in [-0.25, -0.2) is 14.4 Å². The maximum Gasteiger partial charge on any atom is 0.263 e. The number of piperidine rings is 2. The van der Waals surface area contributed by atoms with E-state index in [2.05, 4.69) is 25.1 Å². The minimum Gasteiger partial charge on any atom is -0.371 e. The van der Waals surface area contributed by atoms with Crippen molar-refractivity contribution in [2.24, 2.45) is 0 Å². The van der Waals surface area contributed by atoms with Gasteiger partial charge in [-0.1, -0.05) is 12.8 Å². The maximum absolute atomic E-state index is 16.3. The Balaban J connectivity index is 0.787. The molecule has 0 bridgehead atoms. The highest BCUT2D eigenvalue weighted by atomic mass is 19.1. The number of halogens is 1. The van der Waals surface area contributed by atoms with Gasteiger partial charge in [0, 0.05) is 95.4 Å². The summed E-state index contributed by atoms with van der Waals surface area (Å²) in [5.74, 6) is -1.40. The molecule has 61 heavy (non-hydrogen) atoms. The molecule has 1 aromatic carbocycles. The highest BCUT2D eigenvalue weighted by Crippen LogP contribution is 2.36. The molecule has 0 spiro atoms. The predicted molar refractivity (Wildman–Crippen MR) is 225 cm³/mol. The lowest BCUT2D eigenvalue weighted by Gasteiger charge is -2.42. The number of nitrogens with zero attached hydrogens (tertiary/aromatic N) is 9. The number of hydrogen-bond donors (Lipinski definition) is 1. The number of fused-ring (bicyclic) bond motifs is 2. The molecule has 16 nitrogen and oxygen atoms in total. The molecule has 318 valence electrons. The average Bonchev–Trinajstić information content (AvgIpc) is 3.86. The van der Waals surface area contributed by atoms with E-state index in [1.54, 1.807) is 42.1 Å². The van der Waals surface area contributed by atoms with Gasteiger partial charge in [0.05, 0.1) is 28.6 Å². The summed E-state index contributed by atoms with van der Waals surface area (Å²) >= 11 is 0. The minimum absolute atomic E-state index is 0.0169. The quantitative estimate of drug-likeness (QED) is 0.186. The second kappa shape index (κ2) is 15.7. The number of rotatable bonds is 9. The van der Waals surface area contributed by atoms with Crippen molar-refractivity contribution in [2.75, 3.05) is 68.0 Å². The smallest absolute Gasteiger partial charge is 0.263 e. The maximum atomic E-state index is 16.3. The molecule has 1 atom stereocenters. The van der Waals surface area contributed by atoms with Crippen molar-refractivity contribution < 1.29 is 28.4 Å². The van der Waals surface area contributed by atoms with Gasteiger partial charge in [0.25, 0.3) is 23.3 Å². The van der Waals surface area contributed by atoms with Gasteiger partial charge in [0.15, 0.2) is 5.78 Å². The van der Waals surface area contributed by atoms with Gasteiger partial charge in [-0.2, -0.15) is 4.98 Å². The predicted octanol–water partition coefficient (Wildman–Crippen LogP) is 4.43. The molecule has 4 fully saturated rings. The molecule has 1 aliphatic carbocycles. The van der Waals surface area contributed by atoms with Crippen LogP contribution < -0.4 is 20.7 Å². The highest BCUT2D eigenvalue weighted by molar-refractivity contribution is 6.23. The standard InChI is InChI=1S/C44H49FN10O6/c1-26-33-24-47-43(49-38(33)54(28-6-4-5-7-28)42(61)37(26)27(2)56)48-35-12-9-30(23-46-35)53-20-18-51(19-21-53)25-44(45)14-16-52(17-15-44)29-8-10-31-32(22-29)40(59)55(39(31)58)34-11-13-36(57)50(3)41(34)60/h8-10,12,22-24,28,34H,4-7,11,13-21,25H2,1-3H3,(H,46,47,48,49). The van der Waals surface area contributed by atoms with Gasteiger partial charge in [-0.15, -0.1) is 0 Å². The molecule has 3 saturated heterocycles. The van der Waals surface area contributed by atoms with Crippen LogP contribution in [0, 0.1) is 6.92 Å². The summed E-state index contributed by atoms with van der Waals surface area (Å²) in [5, 5.41) is 3.86. The minimum atomic E-state index is -1.37. The lowest BCUT2D eigenvalue weighted by molar-refractivity contribution is -0.149. The van der Waals surface area contributed by atoms with Crippen LogP contribution in [0.25, 0.3) is 11.0 Å². The Morgan fingerprint density at radius 1 is 0.852 bits per heavy atom. The lowest BCUT2D eigenvalue weighted by Crippen LogP contribution is -2.54. The van der Waals surface area contributed by atoms with Crippen molar-refractivity contribution >= 4 is 63.6 Å². The number of pyridine rings is 2. The molecule has 1 unspecified atom stereocenters. The number of anilines is 4. The van der Waals surface area contributed by atoms with E-state index in [0.717, 1.165) is 46.9 Å². The van der Waals surface area contributed by atoms with Gasteiger partial charge >= 0.3 is 0 Å². The Morgan fingerprint density at radius 3 is 2.23 bits per heavy atom. The molecule has 17 heteroatoms. The summed E-state index contributed by atoms with van der Waals surface area (Å²) in [6.45, 7) is 7.23. The largest absolute Gasteiger partial charge is 0.371 e. The summed E-state index contributed by atoms with van der Waals surface area (Å²) < 4.78 is 18.0. The van der Waals surface area contributed by atoms with E-state index >= 15 is 4.39 Å². The number of alkyl halides is 1. The van der Waals surface area contributed by atoms with Gasteiger partial charge in [-0.3, -0.25) is 48.0 Å². The Labute approximate surface area is 351 Å². The number of nitrogens with one attached hydrogen (secondary N) is 1. The van der Waals surface area contributed by atoms with Gasteiger partial charge in [0.2, 0.25) is 11.9 Å². The van der Waals surface area contributed by atoms with Crippen LogP contribution in [0.2, 0.25) is 0 Å². The number of aromatic nitrogens is 4. The Morgan fingerprint density at radius 2 is 1.54 bits per heavy atom. The Bertz CT molecular complexity index is 2520. The van der Waals surface area contributed by atoms with E-state index in [-0.39, 0.29) is 52.8 Å². The van der Waals surface area contributed by atoms with Crippen molar-refractivity contribution in [3.8, 4) is 0 Å². The summed E-state index contributed by atoms with van der Waals surface area (Å²) in [6, 6.07) is 7.85. The molecule has 4 aliphatic heterocycles. The third-order valence-electron chi connectivity index (χ3n) is 13.3. The molecule has 4 aromatic rings. The summed E-state index contributed by atoms with van der Waals surface area (Å²) in [5.41, 5.74) is 1.75. The first-order valence-corrected chi connectivity index (χ1v) is 21.2. The van der Waals surface area contributed by atoms with Gasteiger partial charge < -0.3 is 15.1 Å². The molecule has 7 heterocycles. The highest BCUT2D eigenvalue weighted by Gasteiger charge is 2.47. The summed E-state index contributed by atoms with van der Waals surface area (Å²) in [7, 11) is 1.36. The lowest BCUT2D eigenvalue weighted by atomic mass is 9.91. The number of ketones is 1. The van der Waals surface area contributed by atoms with Crippen LogP contribution in [0.15, 0.2) is 47.5 Å². The number of carbonyl (C=O) groups is 5. The number of likely N-dealkylation sites (tertiary alicyclic amines) is 1. The van der Waals surface area contributed by atoms with Crippen molar-refractivity contribution in [1.82, 2.24) is 34.2 Å². The second-order valence-electron chi connectivity index (χ2n) is 17.1. The van der Waals surface area contributed by atoms with Crippen LogP contribution in [0.3, 0.4) is 0 Å². The summed E-state index contributed by atoms with van der Waals surface area (Å²) in [6.07, 6.45) is 8.03. The van der Waals surface area contributed by atoms with Gasteiger partial charge in [0.1, 0.15) is 23.2 Å². The fraction of sp³-hybridized carbons (Fsp3) is 0.477. The first-order valence-electron chi connectivity index (χ1n) is 21.2. The van der Waals surface area contributed by atoms with Crippen LogP contribution in [0.5, 0.6) is 0 Å². The number of amides is 4. The van der Waals surface area contributed by atoms with E-state index in [9.17, 15) is 28.8 Å². The van der Waals surface area contributed by atoms with Crippen LogP contribution in [0.1, 0.15) is 101 Å². The molecular formula is C44H49FN10O6. The van der Waals surface area contributed by atoms with Crippen LogP contribution in [-0.2, 0) is 9.59 Å². The van der Waals surface area contributed by atoms with Gasteiger partial charge in [-0.05, 0) is 69.0 Å². The van der Waals surface area contributed by atoms with E-state index in [1.807, 2.05) is 17.0 Å². The van der Waals surface area contributed by atoms with Crippen molar-refractivity contribution in [2.45, 2.75) is 83.0 Å². The first kappa shape index (κ1) is 40.3. The third kappa shape index (κ3) is 7.31. The molecule has 9 rings (SSSR count). The van der Waals surface area contributed by atoms with Crippen molar-refractivity contribution in [3.63, 3.8) is 0 Å². The van der Waals surface area contributed by atoms with E-state index in [0.29, 0.717) is 87.0 Å². The number of imide groups is 2. The topological polar surface area (TPSA) is 174 Å². The van der Waals surface area contributed by atoms with Crippen LogP contribution in [-0.4, -0.2) is 128 Å². The molecule has 4 amide bonds. The average molecular weight is 833 g/mol. The summed E-state index contributed by atoms with van der Waals surface area (Å²) in [4.78, 5) is 99.9. The fourth-order valence-corrected chi connectivity index (χ4v) is 9.82. The van der Waals surface area contributed by atoms with E-state index in [1.165, 1.54) is 14.0 Å². The van der Waals surface area contributed by atoms with Crippen LogP contribution in [0.4, 0.5) is 27.5 Å². The third-order valence-corrected chi connectivity index (χ3v) is 13.3. The molecule has 0 radical (unpaired) electrons. The number of aryl methyl sites for hydroxylation is 1. The monoisotopic (exact) mass is 832 g/mol. The van der Waals surface area contributed by atoms with E-state index < -0.39 is 29.4 Å². The first-order chi connectivity index (χ1) is 29.3. The molecule has 3 aromatic heterocycles. The van der Waals surface area contributed by atoms with Crippen LogP contribution >= 0.6 is 0 Å². The van der Waals surface area contributed by atoms with Crippen molar-refractivity contribution in [1.29, 1.82) is 0 Å². The molecule has 1 N–H and O–H groups in total. The molecule has 1 saturated carbocycles. The SMILES string of the molecule is CC(=O)c1c(C)c2cnc(Nc3ccc(N4CCN(CC5(F)CCN(c6ccc7c(c6)C(=O)N(C6CCC(=O)N(C)C6=O)C7=O)CC5)CC4)cn3)nc2n(C2CCCC2)c1=O. The number of benzene rings is 1. The number of carbonyl (C=O) groups excluding carboxylic acids is 5. The number of piperazine rings is 1. The molecule has 5 aliphatic rings. The zero-order valence-corrected chi connectivity index (χ0v) is 34.7. The Kier molecular flexibility index (Phi) is 10.4. The number of hydrogen-bond acceptors (Lipinski definition) is 13. The zero-order valence-electron chi connectivity index (χ0n) is 34.7. The zero-order chi connectivity index (χ0) is 42.7. The number of Topliss-reactive ketones (excluding diaryl/α,β-unsaturated/α-hetero) is 1. The second-order valence-corrected chi connectivity index (χ2v) is 17.1. The molecular weight excluding hydrogens is 784 g/mol. The normalized spacial score (nSPS) is 21.2. The van der Waals surface area contributed by atoms with Crippen molar-refractivity contribution in [3.05, 3.63) is 75.3 Å².